The van der Waals surface area contributed by atoms with Crippen molar-refractivity contribution in [1.82, 2.24) is 5.48 Å². The molecule has 0 aromatic rings. The highest BCUT2D eigenvalue weighted by atomic mass is 16.7. The van der Waals surface area contributed by atoms with Crippen molar-refractivity contribution < 1.29 is 4.84 Å². The van der Waals surface area contributed by atoms with Gasteiger partial charge in [-0.25, -0.2) is 5.48 Å². The summed E-state index contributed by atoms with van der Waals surface area (Å²) in [5, 5.41) is 13.8. The smallest absolute Gasteiger partial charge is 0.214 e. The molecule has 0 radical (unpaired) electrons. The minimum absolute atomic E-state index is 0.140. The first kappa shape index (κ1) is 7.94. The van der Waals surface area contributed by atoms with E-state index >= 15 is 0 Å². The number of rotatable bonds is 1. The third-order valence-corrected chi connectivity index (χ3v) is 0.648. The van der Waals surface area contributed by atoms with Crippen molar-refractivity contribution in [3.63, 3.8) is 0 Å². The maximum atomic E-state index is 6.95. The first-order valence-corrected chi connectivity index (χ1v) is 2.72. The molecule has 0 saturated heterocycles. The van der Waals surface area contributed by atoms with E-state index in [1.807, 2.05) is 6.92 Å². The van der Waals surface area contributed by atoms with Crippen molar-refractivity contribution in [2.45, 2.75) is 20.3 Å². The fourth-order valence-corrected chi connectivity index (χ4v) is 0.210. The van der Waals surface area contributed by atoms with Gasteiger partial charge in [0.2, 0.25) is 5.90 Å². The minimum Gasteiger partial charge on any atom is -0.366 e. The second-order valence-electron chi connectivity index (χ2n) is 1.61. The zero-order valence-corrected chi connectivity index (χ0v) is 5.62. The fourth-order valence-electron chi connectivity index (χ4n) is 0.210. The number of amidine groups is 1. The maximum absolute atomic E-state index is 6.95. The van der Waals surface area contributed by atoms with Crippen molar-refractivity contribution in [2.75, 3.05) is 0 Å². The van der Waals surface area contributed by atoms with Crippen LogP contribution in [-0.4, -0.2) is 11.7 Å². The number of hydrogen-bond donors (Lipinski definition) is 3. The summed E-state index contributed by atoms with van der Waals surface area (Å²) in [4.78, 5) is 4.56. The molecule has 0 atom stereocenters. The molecule has 0 heterocycles. The summed E-state index contributed by atoms with van der Waals surface area (Å²) < 4.78 is 0. The van der Waals surface area contributed by atoms with Crippen LogP contribution >= 0.6 is 0 Å². The molecule has 0 bridgehead atoms. The molecular weight excluding hydrogens is 118 g/mol. The van der Waals surface area contributed by atoms with Gasteiger partial charge in [0.05, 0.1) is 0 Å². The Morgan fingerprint density at radius 2 is 2.11 bits per heavy atom. The Balaban J connectivity index is 3.28. The molecular formula is C5H11N3O. The fraction of sp³-hybridized carbons (Fsp3) is 0.600. The van der Waals surface area contributed by atoms with Gasteiger partial charge in [0.25, 0.3) is 0 Å². The van der Waals surface area contributed by atoms with Gasteiger partial charge in [0.15, 0.2) is 0 Å². The van der Waals surface area contributed by atoms with E-state index in [0.29, 0.717) is 6.42 Å². The lowest BCUT2D eigenvalue weighted by molar-refractivity contribution is 0.236. The summed E-state index contributed by atoms with van der Waals surface area (Å²) in [5.74, 6) is 0.342. The minimum atomic E-state index is 0.140. The second-order valence-corrected chi connectivity index (χ2v) is 1.61. The van der Waals surface area contributed by atoms with E-state index in [4.69, 9.17) is 10.8 Å². The number of hydrogen-bond acceptors (Lipinski definition) is 3. The standard InChI is InChI=1S/C5H11N3O/c1-3-5(7)9-8-4(2)6/h7H,3H2,1-2H3,(H2,6,8). The van der Waals surface area contributed by atoms with Gasteiger partial charge in [-0.3, -0.25) is 10.8 Å². The summed E-state index contributed by atoms with van der Waals surface area (Å²) >= 11 is 0. The van der Waals surface area contributed by atoms with E-state index in [1.54, 1.807) is 6.92 Å². The average Bonchev–Trinajstić information content (AvgIpc) is 1.83. The van der Waals surface area contributed by atoms with E-state index in [0.717, 1.165) is 0 Å². The lowest BCUT2D eigenvalue weighted by Crippen LogP contribution is -2.22. The molecule has 0 aliphatic heterocycles. The molecule has 9 heavy (non-hydrogen) atoms. The quantitative estimate of drug-likeness (QED) is 0.279. The van der Waals surface area contributed by atoms with Crippen LogP contribution in [0.25, 0.3) is 0 Å². The second kappa shape index (κ2) is 3.88. The first-order valence-electron chi connectivity index (χ1n) is 2.72. The third kappa shape index (κ3) is 4.80. The molecule has 0 aliphatic rings. The molecule has 4 nitrogen and oxygen atoms in total. The highest BCUT2D eigenvalue weighted by Crippen LogP contribution is 1.79. The summed E-state index contributed by atoms with van der Waals surface area (Å²) in [6, 6.07) is 0. The van der Waals surface area contributed by atoms with Crippen molar-refractivity contribution in [1.29, 1.82) is 10.8 Å². The normalized spacial score (nSPS) is 8.22. The average molecular weight is 129 g/mol. The summed E-state index contributed by atoms with van der Waals surface area (Å²) in [6.45, 7) is 3.35. The van der Waals surface area contributed by atoms with E-state index in [1.165, 1.54) is 0 Å². The Labute approximate surface area is 54.2 Å². The SMILES string of the molecule is CCC(=N)ONC(C)=N. The molecule has 52 valence electrons. The van der Waals surface area contributed by atoms with Crippen molar-refractivity contribution in [2.24, 2.45) is 0 Å². The van der Waals surface area contributed by atoms with Crippen LogP contribution in [0.15, 0.2) is 0 Å². The zero-order chi connectivity index (χ0) is 7.28. The van der Waals surface area contributed by atoms with Crippen LogP contribution in [0, 0.1) is 10.8 Å². The Bertz CT molecular complexity index is 121. The highest BCUT2D eigenvalue weighted by molar-refractivity contribution is 5.78. The molecule has 0 unspecified atom stereocenters. The molecule has 0 spiro atoms. The molecule has 4 heteroatoms. The lowest BCUT2D eigenvalue weighted by Gasteiger charge is -2.03. The van der Waals surface area contributed by atoms with Crippen LogP contribution in [0.3, 0.4) is 0 Å². The van der Waals surface area contributed by atoms with Crippen LogP contribution in [-0.2, 0) is 4.84 Å². The van der Waals surface area contributed by atoms with Crippen molar-refractivity contribution in [3.8, 4) is 0 Å². The van der Waals surface area contributed by atoms with Crippen LogP contribution in [0.4, 0.5) is 0 Å². The predicted molar refractivity (Wildman–Crippen MR) is 35.6 cm³/mol. The predicted octanol–water partition coefficient (Wildman–Crippen LogP) is 0.892. The van der Waals surface area contributed by atoms with Crippen LogP contribution in [0.2, 0.25) is 0 Å². The summed E-state index contributed by atoms with van der Waals surface area (Å²) in [7, 11) is 0. The Hall–Kier alpha value is -1.06. The molecule has 0 aromatic carbocycles. The van der Waals surface area contributed by atoms with Crippen molar-refractivity contribution >= 4 is 11.7 Å². The Morgan fingerprint density at radius 3 is 2.44 bits per heavy atom. The lowest BCUT2D eigenvalue weighted by atomic mass is 10.5. The topological polar surface area (TPSA) is 69.0 Å². The highest BCUT2D eigenvalue weighted by Gasteiger charge is 1.91. The number of hydroxylamine groups is 1. The summed E-state index contributed by atoms with van der Waals surface area (Å²) in [5.41, 5.74) is 2.25. The van der Waals surface area contributed by atoms with Crippen LogP contribution < -0.4 is 5.48 Å². The monoisotopic (exact) mass is 129 g/mol. The van der Waals surface area contributed by atoms with Gasteiger partial charge in [-0.15, -0.1) is 0 Å². The van der Waals surface area contributed by atoms with Gasteiger partial charge in [-0.1, -0.05) is 6.92 Å². The molecule has 0 saturated carbocycles. The molecule has 0 amide bonds. The van der Waals surface area contributed by atoms with Crippen molar-refractivity contribution in [3.05, 3.63) is 0 Å². The third-order valence-electron chi connectivity index (χ3n) is 0.648. The largest absolute Gasteiger partial charge is 0.366 e. The molecule has 0 fully saturated rings. The molecule has 0 rings (SSSR count). The van der Waals surface area contributed by atoms with Gasteiger partial charge < -0.3 is 4.84 Å². The van der Waals surface area contributed by atoms with E-state index < -0.39 is 0 Å². The zero-order valence-electron chi connectivity index (χ0n) is 5.62. The van der Waals surface area contributed by atoms with E-state index in [2.05, 4.69) is 10.3 Å². The maximum Gasteiger partial charge on any atom is 0.214 e. The first-order chi connectivity index (χ1) is 4.16. The molecule has 3 N–H and O–H groups in total. The Kier molecular flexibility index (Phi) is 3.43. The van der Waals surface area contributed by atoms with Gasteiger partial charge >= 0.3 is 0 Å². The van der Waals surface area contributed by atoms with E-state index in [-0.39, 0.29) is 11.7 Å². The van der Waals surface area contributed by atoms with Gasteiger partial charge in [0.1, 0.15) is 5.84 Å². The molecule has 0 aromatic heterocycles. The Morgan fingerprint density at radius 1 is 1.56 bits per heavy atom. The molecule has 0 aliphatic carbocycles. The van der Waals surface area contributed by atoms with Crippen LogP contribution in [0.1, 0.15) is 20.3 Å². The van der Waals surface area contributed by atoms with Gasteiger partial charge in [-0.2, -0.15) is 0 Å². The van der Waals surface area contributed by atoms with Gasteiger partial charge in [-0.05, 0) is 6.92 Å². The summed E-state index contributed by atoms with van der Waals surface area (Å²) in [6.07, 6.45) is 0.542. The van der Waals surface area contributed by atoms with Crippen LogP contribution in [0.5, 0.6) is 0 Å². The number of nitrogens with one attached hydrogen (secondary N) is 3. The van der Waals surface area contributed by atoms with E-state index in [9.17, 15) is 0 Å². The van der Waals surface area contributed by atoms with Gasteiger partial charge in [0, 0.05) is 6.42 Å².